The number of aliphatic hydroxyl groups is 1. The number of aliphatic hydroxyl groups excluding tert-OH is 1. The highest BCUT2D eigenvalue weighted by Gasteiger charge is 2.77. The molecule has 0 aromatic heterocycles. The number of rotatable bonds is 13. The van der Waals surface area contributed by atoms with Crippen molar-refractivity contribution >= 4 is 45.0 Å². The molecule has 42 heavy (non-hydrogen) atoms. The summed E-state index contributed by atoms with van der Waals surface area (Å²) in [5.74, 6) is -2.57. The summed E-state index contributed by atoms with van der Waals surface area (Å²) in [6.45, 7) is 17.6. The summed E-state index contributed by atoms with van der Waals surface area (Å²) in [5, 5.41) is 10.5. The van der Waals surface area contributed by atoms with E-state index in [0.717, 1.165) is 18.8 Å². The van der Waals surface area contributed by atoms with Crippen molar-refractivity contribution < 1.29 is 24.2 Å². The van der Waals surface area contributed by atoms with E-state index in [-0.39, 0.29) is 41.6 Å². The molecule has 1 aromatic carbocycles. The summed E-state index contributed by atoms with van der Waals surface area (Å²) in [6, 6.07) is 6.16. The Kier molecular flexibility index (Phi) is 9.89. The molecule has 0 aliphatic carbocycles. The minimum atomic E-state index is -1.22. The van der Waals surface area contributed by atoms with Gasteiger partial charge in [0.1, 0.15) is 11.6 Å². The van der Waals surface area contributed by atoms with Crippen LogP contribution in [-0.4, -0.2) is 101 Å². The molecule has 9 nitrogen and oxygen atoms in total. The summed E-state index contributed by atoms with van der Waals surface area (Å²) >= 11 is 3.73. The molecule has 7 atom stereocenters. The number of hydrogen-bond acceptors (Lipinski definition) is 6. The lowest BCUT2D eigenvalue weighted by Gasteiger charge is -2.40. The Morgan fingerprint density at radius 2 is 1.71 bits per heavy atom. The van der Waals surface area contributed by atoms with Gasteiger partial charge in [0.15, 0.2) is 0 Å². The number of likely N-dealkylation sites (tertiary alicyclic amines) is 1. The average molecular weight is 646 g/mol. The minimum Gasteiger partial charge on any atom is -0.394 e. The molecule has 3 aliphatic rings. The first-order chi connectivity index (χ1) is 20.0. The smallest absolute Gasteiger partial charge is 0.253 e. The number of anilines is 2. The van der Waals surface area contributed by atoms with Crippen molar-refractivity contribution in [1.82, 2.24) is 9.80 Å². The van der Waals surface area contributed by atoms with Crippen LogP contribution in [0.5, 0.6) is 0 Å². The van der Waals surface area contributed by atoms with Crippen molar-refractivity contribution in [2.45, 2.75) is 62.7 Å². The van der Waals surface area contributed by atoms with E-state index in [4.69, 9.17) is 4.74 Å². The fourth-order valence-electron chi connectivity index (χ4n) is 7.18. The van der Waals surface area contributed by atoms with Crippen LogP contribution in [0.15, 0.2) is 49.6 Å². The summed E-state index contributed by atoms with van der Waals surface area (Å²) in [5.41, 5.74) is 0.510. The van der Waals surface area contributed by atoms with Gasteiger partial charge in [-0.3, -0.25) is 14.4 Å². The van der Waals surface area contributed by atoms with E-state index in [1.165, 1.54) is 4.90 Å². The summed E-state index contributed by atoms with van der Waals surface area (Å²) in [7, 11) is 1.68. The Morgan fingerprint density at radius 1 is 1.12 bits per heavy atom. The van der Waals surface area contributed by atoms with Gasteiger partial charge in [0.05, 0.1) is 30.6 Å². The lowest BCUT2D eigenvalue weighted by atomic mass is 9.70. The molecule has 2 bridgehead atoms. The summed E-state index contributed by atoms with van der Waals surface area (Å²) < 4.78 is 6.67. The molecule has 3 heterocycles. The van der Waals surface area contributed by atoms with Crippen molar-refractivity contribution in [2.75, 3.05) is 49.6 Å². The molecule has 3 saturated heterocycles. The molecule has 1 spiro atoms. The highest BCUT2D eigenvalue weighted by atomic mass is 79.9. The predicted octanol–water partition coefficient (Wildman–Crippen LogP) is 3.46. The fraction of sp³-hybridized carbons (Fsp3) is 0.594. The fourth-order valence-corrected chi connectivity index (χ4v) is 8.12. The Balaban J connectivity index is 1.82. The van der Waals surface area contributed by atoms with Gasteiger partial charge < -0.3 is 29.4 Å². The first kappa shape index (κ1) is 32.2. The molecule has 3 unspecified atom stereocenters. The Morgan fingerprint density at radius 3 is 2.24 bits per heavy atom. The van der Waals surface area contributed by atoms with Gasteiger partial charge >= 0.3 is 0 Å². The second kappa shape index (κ2) is 12.9. The largest absolute Gasteiger partial charge is 0.394 e. The van der Waals surface area contributed by atoms with Crippen molar-refractivity contribution in [1.29, 1.82) is 0 Å². The number of nitrogens with zero attached hydrogens (tertiary/aromatic N) is 4. The number of benzene rings is 1. The quantitative estimate of drug-likeness (QED) is 0.261. The van der Waals surface area contributed by atoms with Crippen molar-refractivity contribution in [2.24, 2.45) is 17.8 Å². The maximum absolute atomic E-state index is 14.8. The normalized spacial score (nSPS) is 28.5. The van der Waals surface area contributed by atoms with Gasteiger partial charge in [0.2, 0.25) is 11.8 Å². The number of fused-ring (bicyclic) bond motifs is 1. The number of halogens is 1. The molecule has 3 fully saturated rings. The first-order valence-electron chi connectivity index (χ1n) is 14.9. The number of ether oxygens (including phenoxy) is 1. The highest BCUT2D eigenvalue weighted by Crippen LogP contribution is 2.61. The highest BCUT2D eigenvalue weighted by molar-refractivity contribution is 9.09. The third-order valence-electron chi connectivity index (χ3n) is 9.21. The lowest BCUT2D eigenvalue weighted by molar-refractivity contribution is -0.147. The first-order valence-corrected chi connectivity index (χ1v) is 15.8. The zero-order valence-corrected chi connectivity index (χ0v) is 27.0. The molecule has 4 rings (SSSR count). The van der Waals surface area contributed by atoms with Crippen molar-refractivity contribution in [3.8, 4) is 0 Å². The average Bonchev–Trinajstić information content (AvgIpc) is 3.56. The maximum Gasteiger partial charge on any atom is 0.253 e. The molecule has 3 amide bonds. The van der Waals surface area contributed by atoms with E-state index in [1.54, 1.807) is 29.0 Å². The van der Waals surface area contributed by atoms with E-state index in [1.807, 2.05) is 38.1 Å². The lowest BCUT2D eigenvalue weighted by Crippen LogP contribution is -2.60. The van der Waals surface area contributed by atoms with Crippen LogP contribution in [0.4, 0.5) is 11.4 Å². The molecular weight excluding hydrogens is 600 g/mol. The Bertz CT molecular complexity index is 1190. The number of amides is 3. The Hall–Kier alpha value is -2.69. The third kappa shape index (κ3) is 5.19. The number of carbonyl (C=O) groups is 3. The van der Waals surface area contributed by atoms with E-state index in [0.29, 0.717) is 18.7 Å². The van der Waals surface area contributed by atoms with Gasteiger partial charge in [-0.25, -0.2) is 0 Å². The monoisotopic (exact) mass is 644 g/mol. The SMILES string of the molecule is C=CCN(C)C(=O)[C@H]1[C@H]2C(=O)N([C@@H](CO)C(C)C)C(C(=O)N(CC=C)c3ccc(N(CC)CC)cc3)C23CC(Br)[C@@H]1O3. The van der Waals surface area contributed by atoms with Crippen molar-refractivity contribution in [3.05, 3.63) is 49.6 Å². The van der Waals surface area contributed by atoms with Crippen LogP contribution in [0.25, 0.3) is 0 Å². The second-order valence-corrected chi connectivity index (χ2v) is 13.0. The van der Waals surface area contributed by atoms with E-state index >= 15 is 0 Å². The molecule has 1 aromatic rings. The van der Waals surface area contributed by atoms with Crippen molar-refractivity contribution in [3.63, 3.8) is 0 Å². The van der Waals surface area contributed by atoms with Gasteiger partial charge in [-0.2, -0.15) is 0 Å². The number of alkyl halides is 1. The van der Waals surface area contributed by atoms with E-state index < -0.39 is 35.6 Å². The minimum absolute atomic E-state index is 0.139. The summed E-state index contributed by atoms with van der Waals surface area (Å²) in [4.78, 5) is 49.7. The van der Waals surface area contributed by atoms with E-state index in [9.17, 15) is 19.5 Å². The Labute approximate surface area is 258 Å². The molecule has 230 valence electrons. The standard InChI is InChI=1S/C32H45BrN4O5/c1-8-16-34(7)29(39)25-26-30(40)37(24(19-38)20(5)6)28(32(26)18-23(33)27(25)42-32)31(41)36(17-9-2)22-14-12-21(13-15-22)35(10-3)11-4/h8-9,12-15,20,23-28,38H,1-2,10-11,16-19H2,3-7H3/t23?,24-,25-,26-,27-,28?,32?/m0/s1. The van der Waals surface area contributed by atoms with Gasteiger partial charge in [0, 0.05) is 49.4 Å². The van der Waals surface area contributed by atoms with Crippen LogP contribution in [0.3, 0.4) is 0 Å². The van der Waals surface area contributed by atoms with Gasteiger partial charge in [-0.1, -0.05) is 41.9 Å². The van der Waals surface area contributed by atoms with Gasteiger partial charge in [-0.05, 0) is 50.5 Å². The molecule has 0 radical (unpaired) electrons. The summed E-state index contributed by atoms with van der Waals surface area (Å²) in [6.07, 6.45) is 3.15. The predicted molar refractivity (Wildman–Crippen MR) is 169 cm³/mol. The topological polar surface area (TPSA) is 93.6 Å². The second-order valence-electron chi connectivity index (χ2n) is 11.8. The third-order valence-corrected chi connectivity index (χ3v) is 10.1. The maximum atomic E-state index is 14.8. The van der Waals surface area contributed by atoms with Crippen LogP contribution in [0.2, 0.25) is 0 Å². The van der Waals surface area contributed by atoms with Gasteiger partial charge in [0.25, 0.3) is 5.91 Å². The van der Waals surface area contributed by atoms with Crippen LogP contribution >= 0.6 is 15.9 Å². The molecule has 1 N–H and O–H groups in total. The molecule has 10 heteroatoms. The molecule has 3 aliphatic heterocycles. The van der Waals surface area contributed by atoms with Gasteiger partial charge in [-0.15, -0.1) is 13.2 Å². The van der Waals surface area contributed by atoms with E-state index in [2.05, 4.69) is 47.8 Å². The van der Waals surface area contributed by atoms with Crippen LogP contribution in [-0.2, 0) is 19.1 Å². The number of carbonyl (C=O) groups excluding carboxylic acids is 3. The zero-order chi connectivity index (χ0) is 30.9. The van der Waals surface area contributed by atoms with Crippen LogP contribution in [0.1, 0.15) is 34.1 Å². The van der Waals surface area contributed by atoms with Crippen LogP contribution in [0, 0.1) is 17.8 Å². The molecule has 0 saturated carbocycles. The number of likely N-dealkylation sites (N-methyl/N-ethyl adjacent to an activating group) is 1. The zero-order valence-electron chi connectivity index (χ0n) is 25.4. The number of hydrogen-bond donors (Lipinski definition) is 1. The van der Waals surface area contributed by atoms with Crippen LogP contribution < -0.4 is 9.80 Å². The molecular formula is C32H45BrN4O5.